The highest BCUT2D eigenvalue weighted by Crippen LogP contribution is 2.29. The van der Waals surface area contributed by atoms with Crippen molar-refractivity contribution >= 4 is 40.0 Å². The van der Waals surface area contributed by atoms with Crippen LogP contribution in [0.3, 0.4) is 0 Å². The molecule has 1 N–H and O–H groups in total. The largest absolute Gasteiger partial charge is 0.477 e. The topological polar surface area (TPSA) is 63.1 Å². The fourth-order valence-corrected chi connectivity index (χ4v) is 3.89. The molecule has 2 aromatic heterocycles. The van der Waals surface area contributed by atoms with E-state index in [-0.39, 0.29) is 0 Å². The van der Waals surface area contributed by atoms with E-state index in [9.17, 15) is 4.79 Å². The van der Waals surface area contributed by atoms with Gasteiger partial charge in [-0.1, -0.05) is 36.0 Å². The smallest absolute Gasteiger partial charge is 0.347 e. The van der Waals surface area contributed by atoms with Gasteiger partial charge in [-0.2, -0.15) is 0 Å². The summed E-state index contributed by atoms with van der Waals surface area (Å²) in [7, 11) is 0. The molecular weight excluding hydrogens is 304 g/mol. The predicted molar refractivity (Wildman–Crippen MR) is 85.1 cm³/mol. The number of benzene rings is 1. The molecule has 3 aromatic rings. The molecule has 0 amide bonds. The summed E-state index contributed by atoms with van der Waals surface area (Å²) in [5.41, 5.74) is 2.50. The van der Waals surface area contributed by atoms with Crippen molar-refractivity contribution in [2.45, 2.75) is 17.0 Å². The molecule has 3 rings (SSSR count). The quantitative estimate of drug-likeness (QED) is 0.737. The lowest BCUT2D eigenvalue weighted by Crippen LogP contribution is -1.94. The number of pyridine rings is 1. The van der Waals surface area contributed by atoms with Crippen molar-refractivity contribution in [1.29, 1.82) is 0 Å². The van der Waals surface area contributed by atoms with Crippen molar-refractivity contribution in [2.75, 3.05) is 0 Å². The summed E-state index contributed by atoms with van der Waals surface area (Å²) in [4.78, 5) is 20.2. The summed E-state index contributed by atoms with van der Waals surface area (Å²) in [5.74, 6) is -0.239. The van der Waals surface area contributed by atoms with E-state index in [2.05, 4.69) is 9.97 Å². The molecule has 0 aliphatic rings. The lowest BCUT2D eigenvalue weighted by atomic mass is 10.2. The average Bonchev–Trinajstić information content (AvgIpc) is 2.86. The zero-order valence-corrected chi connectivity index (χ0v) is 12.9. The van der Waals surface area contributed by atoms with E-state index >= 15 is 0 Å². The van der Waals surface area contributed by atoms with Gasteiger partial charge in [0.1, 0.15) is 4.88 Å². The number of aromatic carboxylic acids is 1. The van der Waals surface area contributed by atoms with E-state index in [1.54, 1.807) is 6.92 Å². The third-order valence-corrected chi connectivity index (χ3v) is 5.29. The SMILES string of the molecule is Cc1nc(SCc2ccc3ccccc3n2)sc1C(=O)O. The fourth-order valence-electron chi connectivity index (χ4n) is 1.96. The van der Waals surface area contributed by atoms with E-state index in [1.165, 1.54) is 23.1 Å². The third-order valence-electron chi connectivity index (χ3n) is 2.97. The van der Waals surface area contributed by atoms with Crippen LogP contribution < -0.4 is 0 Å². The first kappa shape index (κ1) is 14.0. The van der Waals surface area contributed by atoms with Crippen LogP contribution in [0, 0.1) is 6.92 Å². The highest BCUT2D eigenvalue weighted by atomic mass is 32.2. The van der Waals surface area contributed by atoms with Crippen LogP contribution in [0.2, 0.25) is 0 Å². The third kappa shape index (κ3) is 3.06. The Labute approximate surface area is 129 Å². The number of carboxylic acids is 1. The number of aromatic nitrogens is 2. The second kappa shape index (κ2) is 5.83. The lowest BCUT2D eigenvalue weighted by molar-refractivity contribution is 0.0701. The highest BCUT2D eigenvalue weighted by molar-refractivity contribution is 8.00. The Hall–Kier alpha value is -1.92. The maximum atomic E-state index is 11.0. The van der Waals surface area contributed by atoms with Crippen molar-refractivity contribution in [3.05, 3.63) is 52.7 Å². The molecule has 2 heterocycles. The minimum Gasteiger partial charge on any atom is -0.477 e. The zero-order chi connectivity index (χ0) is 14.8. The average molecular weight is 316 g/mol. The number of carbonyl (C=O) groups is 1. The summed E-state index contributed by atoms with van der Waals surface area (Å²) in [6, 6.07) is 12.0. The first-order valence-corrected chi connectivity index (χ1v) is 8.12. The molecule has 0 saturated carbocycles. The van der Waals surface area contributed by atoms with Gasteiger partial charge in [0, 0.05) is 11.1 Å². The molecule has 0 fully saturated rings. The Bertz CT molecular complexity index is 814. The van der Waals surface area contributed by atoms with E-state index in [0.29, 0.717) is 16.3 Å². The summed E-state index contributed by atoms with van der Waals surface area (Å²) >= 11 is 2.73. The molecule has 0 bridgehead atoms. The summed E-state index contributed by atoms with van der Waals surface area (Å²) < 4.78 is 0.764. The van der Waals surface area contributed by atoms with Gasteiger partial charge in [0.2, 0.25) is 0 Å². The Morgan fingerprint density at radius 3 is 2.81 bits per heavy atom. The Morgan fingerprint density at radius 1 is 1.24 bits per heavy atom. The van der Waals surface area contributed by atoms with Crippen LogP contribution in [0.25, 0.3) is 10.9 Å². The Morgan fingerprint density at radius 2 is 2.05 bits per heavy atom. The van der Waals surface area contributed by atoms with Crippen LogP contribution in [0.15, 0.2) is 40.7 Å². The fraction of sp³-hybridized carbons (Fsp3) is 0.133. The number of aryl methyl sites for hydroxylation is 1. The van der Waals surface area contributed by atoms with Crippen molar-refractivity contribution < 1.29 is 9.90 Å². The highest BCUT2D eigenvalue weighted by Gasteiger charge is 2.14. The van der Waals surface area contributed by atoms with Crippen LogP contribution in [0.4, 0.5) is 0 Å². The van der Waals surface area contributed by atoms with E-state index < -0.39 is 5.97 Å². The number of thiazole rings is 1. The molecule has 6 heteroatoms. The molecule has 0 spiro atoms. The van der Waals surface area contributed by atoms with Crippen LogP contribution in [0.1, 0.15) is 21.1 Å². The minimum absolute atomic E-state index is 0.309. The van der Waals surface area contributed by atoms with Gasteiger partial charge in [0.15, 0.2) is 4.34 Å². The van der Waals surface area contributed by atoms with Gasteiger partial charge in [0.25, 0.3) is 0 Å². The van der Waals surface area contributed by atoms with Crippen molar-refractivity contribution in [2.24, 2.45) is 0 Å². The molecule has 106 valence electrons. The second-order valence-corrected chi connectivity index (χ2v) is 6.70. The Balaban J connectivity index is 1.77. The summed E-state index contributed by atoms with van der Waals surface area (Å²) in [5, 5.41) is 10.1. The molecule has 4 nitrogen and oxygen atoms in total. The van der Waals surface area contributed by atoms with Gasteiger partial charge in [0.05, 0.1) is 16.9 Å². The predicted octanol–water partition coefficient (Wildman–Crippen LogP) is 3.99. The van der Waals surface area contributed by atoms with Gasteiger partial charge < -0.3 is 5.11 Å². The number of rotatable bonds is 4. The van der Waals surface area contributed by atoms with Crippen LogP contribution >= 0.6 is 23.1 Å². The number of thioether (sulfide) groups is 1. The monoisotopic (exact) mass is 316 g/mol. The van der Waals surface area contributed by atoms with E-state index in [0.717, 1.165) is 20.9 Å². The van der Waals surface area contributed by atoms with Gasteiger partial charge in [-0.15, -0.1) is 11.3 Å². The molecule has 1 aromatic carbocycles. The standard InChI is InChI=1S/C15H12N2O2S2/c1-9-13(14(18)19)21-15(16-9)20-8-11-7-6-10-4-2-3-5-12(10)17-11/h2-7H,8H2,1H3,(H,18,19). The van der Waals surface area contributed by atoms with Crippen molar-refractivity contribution in [3.8, 4) is 0 Å². The van der Waals surface area contributed by atoms with Gasteiger partial charge in [-0.3, -0.25) is 4.98 Å². The maximum absolute atomic E-state index is 11.0. The Kier molecular flexibility index (Phi) is 3.90. The van der Waals surface area contributed by atoms with Gasteiger partial charge in [-0.05, 0) is 19.1 Å². The molecular formula is C15H12N2O2S2. The lowest BCUT2D eigenvalue weighted by Gasteiger charge is -2.01. The van der Waals surface area contributed by atoms with E-state index in [1.807, 2.05) is 36.4 Å². The maximum Gasteiger partial charge on any atom is 0.347 e. The normalized spacial score (nSPS) is 10.9. The first-order valence-electron chi connectivity index (χ1n) is 6.31. The molecule has 21 heavy (non-hydrogen) atoms. The van der Waals surface area contributed by atoms with Crippen LogP contribution in [0.5, 0.6) is 0 Å². The van der Waals surface area contributed by atoms with Gasteiger partial charge in [-0.25, -0.2) is 9.78 Å². The number of carboxylic acid groups (broad SMARTS) is 1. The van der Waals surface area contributed by atoms with E-state index in [4.69, 9.17) is 5.11 Å². The molecule has 0 radical (unpaired) electrons. The first-order chi connectivity index (χ1) is 10.1. The number of para-hydroxylation sites is 1. The summed E-state index contributed by atoms with van der Waals surface area (Å²) in [6.45, 7) is 1.72. The molecule has 0 aliphatic carbocycles. The summed E-state index contributed by atoms with van der Waals surface area (Å²) in [6.07, 6.45) is 0. The molecule has 0 saturated heterocycles. The zero-order valence-electron chi connectivity index (χ0n) is 11.2. The number of fused-ring (bicyclic) bond motifs is 1. The van der Waals surface area contributed by atoms with Crippen LogP contribution in [-0.4, -0.2) is 21.0 Å². The number of hydrogen-bond acceptors (Lipinski definition) is 5. The molecule has 0 atom stereocenters. The van der Waals surface area contributed by atoms with Gasteiger partial charge >= 0.3 is 5.97 Å². The molecule has 0 aliphatic heterocycles. The van der Waals surface area contributed by atoms with Crippen LogP contribution in [-0.2, 0) is 5.75 Å². The second-order valence-electron chi connectivity index (χ2n) is 4.48. The number of nitrogens with zero attached hydrogens (tertiary/aromatic N) is 2. The van der Waals surface area contributed by atoms with Crippen molar-refractivity contribution in [3.63, 3.8) is 0 Å². The molecule has 0 unspecified atom stereocenters. The number of hydrogen-bond donors (Lipinski definition) is 1. The minimum atomic E-state index is -0.916. The van der Waals surface area contributed by atoms with Crippen molar-refractivity contribution in [1.82, 2.24) is 9.97 Å².